The number of anilines is 1. The van der Waals surface area contributed by atoms with E-state index in [0.717, 1.165) is 6.42 Å². The highest BCUT2D eigenvalue weighted by Gasteiger charge is 2.47. The van der Waals surface area contributed by atoms with E-state index in [4.69, 9.17) is 9.90 Å². The molecule has 2 fully saturated rings. The van der Waals surface area contributed by atoms with E-state index >= 15 is 0 Å². The Morgan fingerprint density at radius 2 is 2.00 bits per heavy atom. The first-order chi connectivity index (χ1) is 13.6. The molecule has 1 aromatic rings. The van der Waals surface area contributed by atoms with Crippen LogP contribution in [-0.4, -0.2) is 77.2 Å². The van der Waals surface area contributed by atoms with Crippen molar-refractivity contribution in [3.63, 3.8) is 0 Å². The lowest BCUT2D eigenvalue weighted by Crippen LogP contribution is -2.50. The second kappa shape index (κ2) is 8.86. The number of piperazine rings is 1. The van der Waals surface area contributed by atoms with Crippen LogP contribution >= 0.6 is 0 Å². The van der Waals surface area contributed by atoms with E-state index in [-0.39, 0.29) is 17.4 Å². The van der Waals surface area contributed by atoms with E-state index < -0.39 is 29.9 Å². The van der Waals surface area contributed by atoms with Crippen LogP contribution in [0, 0.1) is 0 Å². The smallest absolute Gasteiger partial charge is 0.475 e. The number of hydrogen-bond acceptors (Lipinski definition) is 7. The molecule has 29 heavy (non-hydrogen) atoms. The van der Waals surface area contributed by atoms with Crippen LogP contribution in [0.25, 0.3) is 0 Å². The summed E-state index contributed by atoms with van der Waals surface area (Å²) in [5.41, 5.74) is 0.107. The van der Waals surface area contributed by atoms with E-state index in [2.05, 4.69) is 20.4 Å². The van der Waals surface area contributed by atoms with Crippen molar-refractivity contribution in [2.24, 2.45) is 0 Å². The number of hydrogen-bond donors (Lipinski definition) is 3. The van der Waals surface area contributed by atoms with Gasteiger partial charge in [-0.25, -0.2) is 14.6 Å². The Morgan fingerprint density at radius 1 is 1.34 bits per heavy atom. The molecule has 1 aliphatic carbocycles. The van der Waals surface area contributed by atoms with Crippen LogP contribution in [-0.2, 0) is 19.1 Å². The lowest BCUT2D eigenvalue weighted by molar-refractivity contribution is -0.192. The number of aliphatic carboxylic acids is 1. The number of carboxylic acids is 1. The Labute approximate surface area is 162 Å². The zero-order valence-corrected chi connectivity index (χ0v) is 15.0. The van der Waals surface area contributed by atoms with Gasteiger partial charge < -0.3 is 25.4 Å². The molecular weight excluding hydrogens is 401 g/mol. The summed E-state index contributed by atoms with van der Waals surface area (Å²) in [4.78, 5) is 50.4. The number of alkyl halides is 3. The maximum Gasteiger partial charge on any atom is 0.490 e. The van der Waals surface area contributed by atoms with Crippen molar-refractivity contribution in [1.29, 1.82) is 0 Å². The van der Waals surface area contributed by atoms with Crippen LogP contribution in [0.1, 0.15) is 16.8 Å². The van der Waals surface area contributed by atoms with Gasteiger partial charge in [0, 0.05) is 31.4 Å². The largest absolute Gasteiger partial charge is 0.490 e. The van der Waals surface area contributed by atoms with Gasteiger partial charge in [0.2, 0.25) is 0 Å². The molecule has 10 nitrogen and oxygen atoms in total. The van der Waals surface area contributed by atoms with Crippen LogP contribution in [0.4, 0.5) is 19.0 Å². The van der Waals surface area contributed by atoms with E-state index in [0.29, 0.717) is 19.1 Å². The SMILES string of the molecule is COC(=O)c1cccnc1NC(=O)C(=O)N1CCNC2CC21.O=C(O)C(F)(F)F. The molecule has 1 aliphatic heterocycles. The van der Waals surface area contributed by atoms with Gasteiger partial charge in [0.05, 0.1) is 7.11 Å². The molecular formula is C16H17F3N4O6. The third-order valence-corrected chi connectivity index (χ3v) is 4.06. The number of ether oxygens (including phenoxy) is 1. The lowest BCUT2D eigenvalue weighted by atomic mass is 10.2. The van der Waals surface area contributed by atoms with Crippen molar-refractivity contribution in [1.82, 2.24) is 15.2 Å². The minimum atomic E-state index is -5.08. The molecule has 0 spiro atoms. The summed E-state index contributed by atoms with van der Waals surface area (Å²) < 4.78 is 36.4. The van der Waals surface area contributed by atoms with Crippen LogP contribution in [0.2, 0.25) is 0 Å². The van der Waals surface area contributed by atoms with E-state index in [1.165, 1.54) is 19.4 Å². The normalized spacial score (nSPS) is 19.8. The van der Waals surface area contributed by atoms with E-state index in [1.807, 2.05) is 0 Å². The molecule has 1 saturated carbocycles. The van der Waals surface area contributed by atoms with Crippen LogP contribution < -0.4 is 10.6 Å². The number of pyridine rings is 1. The first kappa shape index (κ1) is 22.1. The molecule has 2 unspecified atom stereocenters. The third-order valence-electron chi connectivity index (χ3n) is 4.06. The summed E-state index contributed by atoms with van der Waals surface area (Å²) >= 11 is 0. The third kappa shape index (κ3) is 5.63. The number of carboxylic acid groups (broad SMARTS) is 1. The zero-order valence-electron chi connectivity index (χ0n) is 15.0. The Hall–Kier alpha value is -3.22. The van der Waals surface area contributed by atoms with E-state index in [9.17, 15) is 27.6 Å². The topological polar surface area (TPSA) is 138 Å². The minimum Gasteiger partial charge on any atom is -0.475 e. The monoisotopic (exact) mass is 418 g/mol. The molecule has 2 amide bonds. The number of fused-ring (bicyclic) bond motifs is 1. The number of aromatic nitrogens is 1. The molecule has 3 N–H and O–H groups in total. The predicted molar refractivity (Wildman–Crippen MR) is 89.8 cm³/mol. The Morgan fingerprint density at radius 3 is 2.59 bits per heavy atom. The van der Waals surface area contributed by atoms with Crippen LogP contribution in [0.15, 0.2) is 18.3 Å². The number of methoxy groups -OCH3 is 1. The summed E-state index contributed by atoms with van der Waals surface area (Å²) in [7, 11) is 1.24. The maximum absolute atomic E-state index is 12.2. The fourth-order valence-electron chi connectivity index (χ4n) is 2.60. The zero-order chi connectivity index (χ0) is 21.8. The quantitative estimate of drug-likeness (QED) is 0.451. The van der Waals surface area contributed by atoms with Gasteiger partial charge in [0.25, 0.3) is 0 Å². The van der Waals surface area contributed by atoms with Gasteiger partial charge in [-0.3, -0.25) is 9.59 Å². The molecule has 0 radical (unpaired) electrons. The number of rotatable bonds is 2. The predicted octanol–water partition coefficient (Wildman–Crippen LogP) is 0.0127. The Balaban J connectivity index is 0.000000370. The summed E-state index contributed by atoms with van der Waals surface area (Å²) in [6.07, 6.45) is -2.79. The van der Waals surface area contributed by atoms with Gasteiger partial charge in [0.1, 0.15) is 11.4 Å². The molecule has 2 atom stereocenters. The second-order valence-corrected chi connectivity index (χ2v) is 6.01. The lowest BCUT2D eigenvalue weighted by Gasteiger charge is -2.26. The first-order valence-corrected chi connectivity index (χ1v) is 8.25. The fourth-order valence-corrected chi connectivity index (χ4v) is 2.60. The molecule has 158 valence electrons. The average Bonchev–Trinajstić information content (AvgIpc) is 3.46. The highest BCUT2D eigenvalue weighted by atomic mass is 19.4. The first-order valence-electron chi connectivity index (χ1n) is 8.25. The van der Waals surface area contributed by atoms with Crippen molar-refractivity contribution in [2.45, 2.75) is 24.7 Å². The number of amides is 2. The molecule has 2 aliphatic rings. The summed E-state index contributed by atoms with van der Waals surface area (Å²) in [5.74, 6) is -4.75. The Bertz CT molecular complexity index is 816. The van der Waals surface area contributed by atoms with E-state index in [1.54, 1.807) is 11.0 Å². The number of halogens is 3. The highest BCUT2D eigenvalue weighted by molar-refractivity contribution is 6.39. The number of nitrogens with zero attached hydrogens (tertiary/aromatic N) is 2. The second-order valence-electron chi connectivity index (χ2n) is 6.01. The van der Waals surface area contributed by atoms with Gasteiger partial charge in [-0.1, -0.05) is 0 Å². The number of carbonyl (C=O) groups is 4. The van der Waals surface area contributed by atoms with Crippen molar-refractivity contribution in [3.05, 3.63) is 23.9 Å². The molecule has 0 bridgehead atoms. The van der Waals surface area contributed by atoms with Crippen molar-refractivity contribution >= 4 is 29.6 Å². The van der Waals surface area contributed by atoms with Crippen molar-refractivity contribution in [3.8, 4) is 0 Å². The van der Waals surface area contributed by atoms with Crippen LogP contribution in [0.3, 0.4) is 0 Å². The van der Waals surface area contributed by atoms with Crippen LogP contribution in [0.5, 0.6) is 0 Å². The summed E-state index contributed by atoms with van der Waals surface area (Å²) in [5, 5.41) is 12.8. The maximum atomic E-state index is 12.2. The molecule has 1 saturated heterocycles. The Kier molecular flexibility index (Phi) is 6.74. The molecule has 3 rings (SSSR count). The van der Waals surface area contributed by atoms with Gasteiger partial charge >= 0.3 is 29.9 Å². The highest BCUT2D eigenvalue weighted by Crippen LogP contribution is 2.30. The summed E-state index contributed by atoms with van der Waals surface area (Å²) in [6.45, 7) is 1.18. The van der Waals surface area contributed by atoms with Crippen molar-refractivity contribution in [2.75, 3.05) is 25.5 Å². The fraction of sp³-hybridized carbons (Fsp3) is 0.438. The average molecular weight is 418 g/mol. The molecule has 13 heteroatoms. The molecule has 1 aromatic heterocycles. The standard InChI is InChI=1S/C14H16N4O4.C2HF3O2/c1-22-14(21)8-3-2-4-16-11(8)17-12(19)13(20)18-6-5-15-9-7-10(9)18;3-2(4,5)1(6)7/h2-4,9-10,15H,5-7H2,1H3,(H,16,17,19);(H,6,7). The van der Waals surface area contributed by atoms with Gasteiger partial charge in [-0.05, 0) is 18.6 Å². The number of esters is 1. The molecule has 2 heterocycles. The minimum absolute atomic E-state index is 0.0233. The van der Waals surface area contributed by atoms with Gasteiger partial charge in [-0.2, -0.15) is 13.2 Å². The molecule has 0 aromatic carbocycles. The van der Waals surface area contributed by atoms with Gasteiger partial charge in [-0.15, -0.1) is 0 Å². The number of nitrogens with one attached hydrogen (secondary N) is 2. The summed E-state index contributed by atoms with van der Waals surface area (Å²) in [6, 6.07) is 3.41. The van der Waals surface area contributed by atoms with Crippen molar-refractivity contribution < 1.29 is 42.2 Å². The van der Waals surface area contributed by atoms with Gasteiger partial charge in [0.15, 0.2) is 0 Å². The number of carbonyl (C=O) groups excluding carboxylic acids is 3.